The summed E-state index contributed by atoms with van der Waals surface area (Å²) in [5, 5.41) is 2.76. The lowest BCUT2D eigenvalue weighted by atomic mass is 10.2. The minimum atomic E-state index is -0.0846. The Bertz CT molecular complexity index is 411. The molecule has 0 fully saturated rings. The highest BCUT2D eigenvalue weighted by Gasteiger charge is 2.00. The number of rotatable bonds is 5. The molecule has 0 atom stereocenters. The molecule has 0 saturated heterocycles. The standard InChI is InChI=1S/C13H16INO2/c1-4-6-11(13(14)17)8-7-10(3)9-15-12(16)5-2/h7-8H,5,9H2,1-3H3,(H,15,16)/b10-7+,11-8+. The number of nitrogens with one attached hydrogen (secondary N) is 1. The van der Waals surface area contributed by atoms with E-state index in [-0.39, 0.29) is 9.70 Å². The molecule has 92 valence electrons. The van der Waals surface area contributed by atoms with Gasteiger partial charge in [-0.2, -0.15) is 0 Å². The maximum absolute atomic E-state index is 11.2. The minimum absolute atomic E-state index is 0.0141. The van der Waals surface area contributed by atoms with Crippen LogP contribution in [0.25, 0.3) is 0 Å². The van der Waals surface area contributed by atoms with Crippen molar-refractivity contribution in [3.05, 3.63) is 23.3 Å². The van der Waals surface area contributed by atoms with Gasteiger partial charge in [-0.3, -0.25) is 9.59 Å². The third-order valence-electron chi connectivity index (χ3n) is 1.89. The van der Waals surface area contributed by atoms with E-state index in [1.165, 1.54) is 0 Å². The van der Waals surface area contributed by atoms with Gasteiger partial charge in [-0.1, -0.05) is 24.5 Å². The predicted octanol–water partition coefficient (Wildman–Crippen LogP) is 2.37. The van der Waals surface area contributed by atoms with E-state index in [2.05, 4.69) is 17.2 Å². The molecule has 0 saturated carbocycles. The van der Waals surface area contributed by atoms with Crippen LogP contribution in [0.3, 0.4) is 0 Å². The first-order chi connectivity index (χ1) is 8.01. The van der Waals surface area contributed by atoms with E-state index in [1.54, 1.807) is 48.6 Å². The van der Waals surface area contributed by atoms with Gasteiger partial charge in [0, 0.05) is 35.6 Å². The Kier molecular flexibility index (Phi) is 8.42. The number of carbonyl (C=O) groups excluding carboxylic acids is 2. The second kappa shape index (κ2) is 8.99. The third-order valence-corrected chi connectivity index (χ3v) is 2.47. The van der Waals surface area contributed by atoms with Crippen LogP contribution in [0.2, 0.25) is 0 Å². The van der Waals surface area contributed by atoms with Crippen molar-refractivity contribution in [2.75, 3.05) is 6.54 Å². The molecule has 0 rings (SSSR count). The molecule has 0 aromatic rings. The van der Waals surface area contributed by atoms with Crippen molar-refractivity contribution in [3.63, 3.8) is 0 Å². The van der Waals surface area contributed by atoms with Gasteiger partial charge in [-0.05, 0) is 19.9 Å². The second-order valence-corrected chi connectivity index (χ2v) is 4.35. The van der Waals surface area contributed by atoms with Crippen molar-refractivity contribution in [2.45, 2.75) is 27.2 Å². The lowest BCUT2D eigenvalue weighted by Gasteiger charge is -2.02. The number of carbonyl (C=O) groups is 2. The summed E-state index contributed by atoms with van der Waals surface area (Å²) in [6.45, 7) is 5.87. The van der Waals surface area contributed by atoms with Crippen LogP contribution in [0.15, 0.2) is 23.3 Å². The molecule has 0 bridgehead atoms. The Labute approximate surface area is 116 Å². The number of amides is 1. The van der Waals surface area contributed by atoms with E-state index >= 15 is 0 Å². The van der Waals surface area contributed by atoms with Crippen molar-refractivity contribution in [2.24, 2.45) is 0 Å². The molecular weight excluding hydrogens is 329 g/mol. The van der Waals surface area contributed by atoms with Crippen LogP contribution in [-0.4, -0.2) is 16.2 Å². The van der Waals surface area contributed by atoms with Gasteiger partial charge in [0.1, 0.15) is 0 Å². The molecule has 0 aliphatic heterocycles. The molecule has 0 heterocycles. The van der Waals surface area contributed by atoms with E-state index in [0.29, 0.717) is 18.5 Å². The van der Waals surface area contributed by atoms with Crippen molar-refractivity contribution in [1.82, 2.24) is 5.32 Å². The van der Waals surface area contributed by atoms with E-state index < -0.39 is 0 Å². The molecule has 1 amide bonds. The first-order valence-electron chi connectivity index (χ1n) is 5.28. The zero-order valence-corrected chi connectivity index (χ0v) is 12.4. The Morgan fingerprint density at radius 2 is 2.00 bits per heavy atom. The highest BCUT2D eigenvalue weighted by Crippen LogP contribution is 2.03. The van der Waals surface area contributed by atoms with Crippen molar-refractivity contribution in [1.29, 1.82) is 0 Å². The quantitative estimate of drug-likeness (QED) is 0.273. The number of hydrogen-bond acceptors (Lipinski definition) is 2. The molecule has 0 aliphatic carbocycles. The highest BCUT2D eigenvalue weighted by molar-refractivity contribution is 14.1. The van der Waals surface area contributed by atoms with Crippen LogP contribution in [0.5, 0.6) is 0 Å². The summed E-state index contributed by atoms with van der Waals surface area (Å²) < 4.78 is -0.0846. The van der Waals surface area contributed by atoms with Crippen LogP contribution in [0.1, 0.15) is 27.2 Å². The molecular formula is C13H16INO2. The Morgan fingerprint density at radius 1 is 1.35 bits per heavy atom. The molecule has 0 aliphatic rings. The second-order valence-electron chi connectivity index (χ2n) is 3.37. The lowest BCUT2D eigenvalue weighted by molar-refractivity contribution is -0.120. The maximum atomic E-state index is 11.2. The van der Waals surface area contributed by atoms with Gasteiger partial charge in [-0.15, -0.1) is 5.92 Å². The molecule has 0 aromatic carbocycles. The molecule has 0 aromatic heterocycles. The van der Waals surface area contributed by atoms with Gasteiger partial charge in [0.25, 0.3) is 0 Å². The van der Waals surface area contributed by atoms with Crippen LogP contribution in [0, 0.1) is 11.8 Å². The average molecular weight is 345 g/mol. The average Bonchev–Trinajstić information content (AvgIpc) is 2.30. The van der Waals surface area contributed by atoms with Crippen LogP contribution in [-0.2, 0) is 9.59 Å². The molecule has 0 unspecified atom stereocenters. The summed E-state index contributed by atoms with van der Waals surface area (Å²) >= 11 is 1.70. The maximum Gasteiger partial charge on any atom is 0.230 e. The fourth-order valence-electron chi connectivity index (χ4n) is 0.939. The van der Waals surface area contributed by atoms with E-state index in [1.807, 2.05) is 6.92 Å². The molecule has 4 heteroatoms. The lowest BCUT2D eigenvalue weighted by Crippen LogP contribution is -2.23. The van der Waals surface area contributed by atoms with E-state index in [0.717, 1.165) is 5.57 Å². The zero-order chi connectivity index (χ0) is 13.3. The summed E-state index contributed by atoms with van der Waals surface area (Å²) in [5.74, 6) is 5.44. The molecule has 3 nitrogen and oxygen atoms in total. The molecule has 17 heavy (non-hydrogen) atoms. The van der Waals surface area contributed by atoms with Crippen molar-refractivity contribution in [3.8, 4) is 11.8 Å². The monoisotopic (exact) mass is 345 g/mol. The number of hydrogen-bond donors (Lipinski definition) is 1. The fourth-order valence-corrected chi connectivity index (χ4v) is 1.25. The van der Waals surface area contributed by atoms with E-state index in [4.69, 9.17) is 0 Å². The minimum Gasteiger partial charge on any atom is -0.352 e. The molecule has 0 radical (unpaired) electrons. The van der Waals surface area contributed by atoms with Gasteiger partial charge in [0.15, 0.2) is 0 Å². The largest absolute Gasteiger partial charge is 0.352 e. The Balaban J connectivity index is 4.54. The summed E-state index contributed by atoms with van der Waals surface area (Å²) in [5.41, 5.74) is 1.44. The SMILES string of the molecule is CC#C/C(=C\C=C(/C)CNC(=O)CC)C(=O)I. The molecule has 1 N–H and O–H groups in total. The smallest absolute Gasteiger partial charge is 0.230 e. The zero-order valence-electron chi connectivity index (χ0n) is 10.3. The molecule has 0 spiro atoms. The normalized spacial score (nSPS) is 11.5. The fraction of sp³-hybridized carbons (Fsp3) is 0.385. The number of halogens is 1. The van der Waals surface area contributed by atoms with E-state index in [9.17, 15) is 9.59 Å². The van der Waals surface area contributed by atoms with Gasteiger partial charge in [0.05, 0.1) is 5.57 Å². The van der Waals surface area contributed by atoms with Crippen molar-refractivity contribution >= 4 is 32.3 Å². The first-order valence-corrected chi connectivity index (χ1v) is 6.35. The summed E-state index contributed by atoms with van der Waals surface area (Å²) in [6, 6.07) is 0. The summed E-state index contributed by atoms with van der Waals surface area (Å²) in [4.78, 5) is 22.2. The number of allylic oxidation sites excluding steroid dienone is 3. The Hall–Kier alpha value is -1.09. The highest BCUT2D eigenvalue weighted by atomic mass is 127. The van der Waals surface area contributed by atoms with Gasteiger partial charge in [-0.25, -0.2) is 0 Å². The van der Waals surface area contributed by atoms with Gasteiger partial charge >= 0.3 is 0 Å². The first kappa shape index (κ1) is 15.9. The van der Waals surface area contributed by atoms with Crippen LogP contribution in [0.4, 0.5) is 0 Å². The predicted molar refractivity (Wildman–Crippen MR) is 77.6 cm³/mol. The van der Waals surface area contributed by atoms with Crippen molar-refractivity contribution < 1.29 is 9.59 Å². The van der Waals surface area contributed by atoms with Crippen LogP contribution < -0.4 is 5.32 Å². The Morgan fingerprint density at radius 3 is 2.47 bits per heavy atom. The summed E-state index contributed by atoms with van der Waals surface area (Å²) in [7, 11) is 0. The summed E-state index contributed by atoms with van der Waals surface area (Å²) in [6.07, 6.45) is 3.95. The van der Waals surface area contributed by atoms with Crippen LogP contribution >= 0.6 is 22.6 Å². The van der Waals surface area contributed by atoms with Gasteiger partial charge < -0.3 is 5.32 Å². The topological polar surface area (TPSA) is 46.2 Å². The van der Waals surface area contributed by atoms with Gasteiger partial charge in [0.2, 0.25) is 9.70 Å². The third kappa shape index (κ3) is 7.75.